The van der Waals surface area contributed by atoms with E-state index in [4.69, 9.17) is 10.5 Å². The first-order chi connectivity index (χ1) is 8.19. The molecule has 0 amide bonds. The van der Waals surface area contributed by atoms with Crippen molar-refractivity contribution in [3.63, 3.8) is 0 Å². The zero-order valence-corrected chi connectivity index (χ0v) is 11.0. The van der Waals surface area contributed by atoms with Gasteiger partial charge in [0.15, 0.2) is 0 Å². The number of hydrogen-bond donors (Lipinski definition) is 1. The Balaban J connectivity index is 2.17. The van der Waals surface area contributed by atoms with Crippen molar-refractivity contribution in [3.8, 4) is 16.9 Å². The topological polar surface area (TPSA) is 35.2 Å². The van der Waals surface area contributed by atoms with Crippen LogP contribution in [0.1, 0.15) is 18.7 Å². The summed E-state index contributed by atoms with van der Waals surface area (Å²) in [4.78, 5) is 1.21. The Kier molecular flexibility index (Phi) is 3.82. The third-order valence-electron chi connectivity index (χ3n) is 2.41. The molecular formula is C14H17NOS. The van der Waals surface area contributed by atoms with Gasteiger partial charge in [-0.3, -0.25) is 0 Å². The molecule has 3 heteroatoms. The van der Waals surface area contributed by atoms with Crippen LogP contribution < -0.4 is 10.5 Å². The SMILES string of the molecule is CC(C)Oc1ccc(-c2csc(CN)c2)cc1. The van der Waals surface area contributed by atoms with Gasteiger partial charge in [0.25, 0.3) is 0 Å². The minimum atomic E-state index is 0.214. The Hall–Kier alpha value is -1.32. The highest BCUT2D eigenvalue weighted by atomic mass is 32.1. The second kappa shape index (κ2) is 5.34. The van der Waals surface area contributed by atoms with Crippen molar-refractivity contribution in [2.75, 3.05) is 0 Å². The fraction of sp³-hybridized carbons (Fsp3) is 0.286. The molecule has 2 N–H and O–H groups in total. The number of ether oxygens (including phenoxy) is 1. The molecule has 0 fully saturated rings. The van der Waals surface area contributed by atoms with E-state index in [9.17, 15) is 0 Å². The summed E-state index contributed by atoms with van der Waals surface area (Å²) in [5, 5.41) is 2.14. The number of hydrogen-bond acceptors (Lipinski definition) is 3. The molecule has 1 aromatic carbocycles. The van der Waals surface area contributed by atoms with Gasteiger partial charge in [-0.2, -0.15) is 0 Å². The molecule has 2 rings (SSSR count). The number of thiophene rings is 1. The van der Waals surface area contributed by atoms with Gasteiger partial charge in [-0.1, -0.05) is 12.1 Å². The fourth-order valence-corrected chi connectivity index (χ4v) is 2.41. The summed E-state index contributed by atoms with van der Waals surface area (Å²) in [7, 11) is 0. The molecule has 0 radical (unpaired) electrons. The summed E-state index contributed by atoms with van der Waals surface area (Å²) in [5.74, 6) is 0.915. The van der Waals surface area contributed by atoms with Crippen molar-refractivity contribution in [2.24, 2.45) is 5.73 Å². The first-order valence-electron chi connectivity index (χ1n) is 5.73. The van der Waals surface area contributed by atoms with Crippen LogP contribution in [-0.2, 0) is 6.54 Å². The molecule has 0 aliphatic heterocycles. The van der Waals surface area contributed by atoms with Crippen molar-refractivity contribution >= 4 is 11.3 Å². The second-order valence-corrected chi connectivity index (χ2v) is 5.19. The second-order valence-electron chi connectivity index (χ2n) is 4.20. The van der Waals surface area contributed by atoms with Crippen LogP contribution >= 0.6 is 11.3 Å². The van der Waals surface area contributed by atoms with E-state index in [2.05, 4.69) is 23.6 Å². The van der Waals surface area contributed by atoms with Crippen molar-refractivity contribution < 1.29 is 4.74 Å². The number of nitrogens with two attached hydrogens (primary N) is 1. The van der Waals surface area contributed by atoms with E-state index in [0.29, 0.717) is 6.54 Å². The van der Waals surface area contributed by atoms with Crippen LogP contribution in [0.25, 0.3) is 11.1 Å². The Morgan fingerprint density at radius 3 is 2.41 bits per heavy atom. The van der Waals surface area contributed by atoms with E-state index in [1.807, 2.05) is 26.0 Å². The van der Waals surface area contributed by atoms with Gasteiger partial charge in [0, 0.05) is 11.4 Å². The van der Waals surface area contributed by atoms with E-state index in [1.165, 1.54) is 16.0 Å². The molecule has 0 bridgehead atoms. The van der Waals surface area contributed by atoms with Crippen LogP contribution in [-0.4, -0.2) is 6.10 Å². The highest BCUT2D eigenvalue weighted by Gasteiger charge is 2.02. The number of benzene rings is 1. The predicted molar refractivity (Wildman–Crippen MR) is 73.4 cm³/mol. The van der Waals surface area contributed by atoms with E-state index in [0.717, 1.165) is 5.75 Å². The standard InChI is InChI=1S/C14H17NOS/c1-10(2)16-13-5-3-11(4-6-13)12-7-14(8-15)17-9-12/h3-7,9-10H,8,15H2,1-2H3. The van der Waals surface area contributed by atoms with Crippen LogP contribution in [0.5, 0.6) is 5.75 Å². The van der Waals surface area contributed by atoms with Crippen molar-refractivity contribution in [2.45, 2.75) is 26.5 Å². The molecule has 2 aromatic rings. The maximum absolute atomic E-state index is 5.61. The lowest BCUT2D eigenvalue weighted by Crippen LogP contribution is -2.05. The average molecular weight is 247 g/mol. The lowest BCUT2D eigenvalue weighted by Gasteiger charge is -2.09. The zero-order valence-electron chi connectivity index (χ0n) is 10.1. The maximum atomic E-state index is 5.61. The van der Waals surface area contributed by atoms with Gasteiger partial charge in [-0.25, -0.2) is 0 Å². The van der Waals surface area contributed by atoms with Gasteiger partial charge >= 0.3 is 0 Å². The molecular weight excluding hydrogens is 230 g/mol. The molecule has 0 saturated heterocycles. The molecule has 90 valence electrons. The first-order valence-corrected chi connectivity index (χ1v) is 6.61. The first kappa shape index (κ1) is 12.1. The van der Waals surface area contributed by atoms with Gasteiger partial charge < -0.3 is 10.5 Å². The zero-order chi connectivity index (χ0) is 12.3. The maximum Gasteiger partial charge on any atom is 0.119 e. The molecule has 0 unspecified atom stereocenters. The summed E-state index contributed by atoms with van der Waals surface area (Å²) in [6.07, 6.45) is 0.214. The predicted octanol–water partition coefficient (Wildman–Crippen LogP) is 3.66. The monoisotopic (exact) mass is 247 g/mol. The van der Waals surface area contributed by atoms with Crippen LogP contribution in [0.15, 0.2) is 35.7 Å². The molecule has 0 aliphatic carbocycles. The fourth-order valence-electron chi connectivity index (χ4n) is 1.64. The minimum absolute atomic E-state index is 0.214. The molecule has 1 heterocycles. The molecule has 17 heavy (non-hydrogen) atoms. The van der Waals surface area contributed by atoms with Crippen LogP contribution in [0.2, 0.25) is 0 Å². The van der Waals surface area contributed by atoms with Crippen LogP contribution in [0.4, 0.5) is 0 Å². The average Bonchev–Trinajstić information content (AvgIpc) is 2.78. The minimum Gasteiger partial charge on any atom is -0.491 e. The lowest BCUT2D eigenvalue weighted by atomic mass is 10.1. The van der Waals surface area contributed by atoms with Gasteiger partial charge in [0.1, 0.15) is 5.75 Å². The van der Waals surface area contributed by atoms with Crippen LogP contribution in [0.3, 0.4) is 0 Å². The molecule has 1 aromatic heterocycles. The van der Waals surface area contributed by atoms with E-state index in [-0.39, 0.29) is 6.10 Å². The summed E-state index contributed by atoms with van der Waals surface area (Å²) in [6, 6.07) is 10.3. The van der Waals surface area contributed by atoms with Crippen molar-refractivity contribution in [1.82, 2.24) is 0 Å². The summed E-state index contributed by atoms with van der Waals surface area (Å²) in [6.45, 7) is 4.67. The third-order valence-corrected chi connectivity index (χ3v) is 3.37. The Morgan fingerprint density at radius 1 is 1.18 bits per heavy atom. The quantitative estimate of drug-likeness (QED) is 0.894. The highest BCUT2D eigenvalue weighted by Crippen LogP contribution is 2.27. The summed E-state index contributed by atoms with van der Waals surface area (Å²) < 4.78 is 5.61. The van der Waals surface area contributed by atoms with E-state index in [1.54, 1.807) is 11.3 Å². The lowest BCUT2D eigenvalue weighted by molar-refractivity contribution is 0.242. The van der Waals surface area contributed by atoms with Crippen molar-refractivity contribution in [3.05, 3.63) is 40.6 Å². The van der Waals surface area contributed by atoms with Crippen molar-refractivity contribution in [1.29, 1.82) is 0 Å². The molecule has 2 nitrogen and oxygen atoms in total. The molecule has 0 aliphatic rings. The van der Waals surface area contributed by atoms with Gasteiger partial charge in [-0.05, 0) is 48.6 Å². The molecule has 0 saturated carbocycles. The van der Waals surface area contributed by atoms with Crippen LogP contribution in [0, 0.1) is 0 Å². The number of rotatable bonds is 4. The molecule has 0 spiro atoms. The largest absolute Gasteiger partial charge is 0.491 e. The van der Waals surface area contributed by atoms with Gasteiger partial charge in [0.05, 0.1) is 6.10 Å². The van der Waals surface area contributed by atoms with Gasteiger partial charge in [-0.15, -0.1) is 11.3 Å². The third kappa shape index (κ3) is 3.08. The Labute approximate surface area is 106 Å². The smallest absolute Gasteiger partial charge is 0.119 e. The summed E-state index contributed by atoms with van der Waals surface area (Å²) >= 11 is 1.70. The van der Waals surface area contributed by atoms with E-state index < -0.39 is 0 Å². The van der Waals surface area contributed by atoms with E-state index >= 15 is 0 Å². The summed E-state index contributed by atoms with van der Waals surface area (Å²) in [5.41, 5.74) is 8.04. The van der Waals surface area contributed by atoms with Gasteiger partial charge in [0.2, 0.25) is 0 Å². The highest BCUT2D eigenvalue weighted by molar-refractivity contribution is 7.10. The Bertz CT molecular complexity index is 473. The normalized spacial score (nSPS) is 10.8. The Morgan fingerprint density at radius 2 is 1.88 bits per heavy atom. The molecule has 0 atom stereocenters.